The summed E-state index contributed by atoms with van der Waals surface area (Å²) in [6.07, 6.45) is 2.35. The average Bonchev–Trinajstić information content (AvgIpc) is 2.70. The molecule has 1 atom stereocenters. The molecule has 0 spiro atoms. The minimum atomic E-state index is 0. The maximum absolute atomic E-state index is 11.6. The Morgan fingerprint density at radius 1 is 1.44 bits per heavy atom. The predicted octanol–water partition coefficient (Wildman–Crippen LogP) is 1.29. The normalized spacial score (nSPS) is 18.4. The van der Waals surface area contributed by atoms with Gasteiger partial charge in [0.15, 0.2) is 0 Å². The Bertz CT molecular complexity index is 221. The van der Waals surface area contributed by atoms with Gasteiger partial charge in [0.1, 0.15) is 0 Å². The number of hydrogen-bond donors (Lipinski definition) is 2. The van der Waals surface area contributed by atoms with E-state index < -0.39 is 0 Å². The minimum Gasteiger partial charge on any atom is -0.355 e. The number of carbonyl (C=O) groups excluding carboxylic acids is 1. The van der Waals surface area contributed by atoms with E-state index in [0.29, 0.717) is 12.6 Å². The van der Waals surface area contributed by atoms with E-state index in [2.05, 4.69) is 24.5 Å². The van der Waals surface area contributed by atoms with Gasteiger partial charge in [-0.1, -0.05) is 0 Å². The zero-order valence-electron chi connectivity index (χ0n) is 11.6. The number of amides is 1. The van der Waals surface area contributed by atoms with Crippen LogP contribution in [0, 0.1) is 5.92 Å². The molecule has 0 bridgehead atoms. The molecule has 1 aliphatic rings. The number of carbonyl (C=O) groups is 1. The summed E-state index contributed by atoms with van der Waals surface area (Å²) >= 11 is 0. The molecule has 2 N–H and O–H groups in total. The van der Waals surface area contributed by atoms with Gasteiger partial charge in [0.05, 0.1) is 6.54 Å². The standard InChI is InChI=1S/C12H25N3O.2ClH/c1-10(2)15(3)9-12(16)14-7-5-11-4-6-13-8-11;;/h10-11,13H,4-9H2,1-3H3,(H,14,16);2*1H. The molecule has 0 saturated carbocycles. The van der Waals surface area contributed by atoms with Crippen molar-refractivity contribution in [3.8, 4) is 0 Å². The van der Waals surface area contributed by atoms with E-state index in [1.54, 1.807) is 0 Å². The molecule has 1 rings (SSSR count). The quantitative estimate of drug-likeness (QED) is 0.777. The molecule has 110 valence electrons. The fraction of sp³-hybridized carbons (Fsp3) is 0.917. The Morgan fingerprint density at radius 2 is 2.11 bits per heavy atom. The second kappa shape index (κ2) is 10.9. The van der Waals surface area contributed by atoms with Crippen molar-refractivity contribution in [2.45, 2.75) is 32.7 Å². The summed E-state index contributed by atoms with van der Waals surface area (Å²) in [4.78, 5) is 13.6. The largest absolute Gasteiger partial charge is 0.355 e. The third-order valence-electron chi connectivity index (χ3n) is 3.31. The molecule has 0 aromatic carbocycles. The molecule has 1 fully saturated rings. The van der Waals surface area contributed by atoms with E-state index in [0.717, 1.165) is 32.0 Å². The van der Waals surface area contributed by atoms with Crippen LogP contribution in [0.1, 0.15) is 26.7 Å². The van der Waals surface area contributed by atoms with Crippen molar-refractivity contribution in [1.82, 2.24) is 15.5 Å². The summed E-state index contributed by atoms with van der Waals surface area (Å²) in [5.41, 5.74) is 0. The van der Waals surface area contributed by atoms with E-state index in [1.807, 2.05) is 11.9 Å². The zero-order valence-corrected chi connectivity index (χ0v) is 13.2. The number of nitrogens with zero attached hydrogens (tertiary/aromatic N) is 1. The Labute approximate surface area is 123 Å². The highest BCUT2D eigenvalue weighted by atomic mass is 35.5. The number of rotatable bonds is 6. The van der Waals surface area contributed by atoms with Gasteiger partial charge in [0.2, 0.25) is 5.91 Å². The van der Waals surface area contributed by atoms with Crippen LogP contribution >= 0.6 is 24.8 Å². The molecule has 1 heterocycles. The molecule has 1 saturated heterocycles. The molecule has 0 aromatic heterocycles. The smallest absolute Gasteiger partial charge is 0.234 e. The molecule has 0 aromatic rings. The maximum Gasteiger partial charge on any atom is 0.234 e. The van der Waals surface area contributed by atoms with Crippen molar-refractivity contribution in [2.75, 3.05) is 33.2 Å². The summed E-state index contributed by atoms with van der Waals surface area (Å²) in [5, 5.41) is 6.32. The fourth-order valence-corrected chi connectivity index (χ4v) is 1.84. The summed E-state index contributed by atoms with van der Waals surface area (Å²) in [6.45, 7) is 7.75. The molecule has 6 heteroatoms. The van der Waals surface area contributed by atoms with Gasteiger partial charge in [-0.15, -0.1) is 24.8 Å². The van der Waals surface area contributed by atoms with E-state index >= 15 is 0 Å². The number of nitrogens with one attached hydrogen (secondary N) is 2. The highest BCUT2D eigenvalue weighted by molar-refractivity contribution is 5.85. The molecule has 1 unspecified atom stereocenters. The lowest BCUT2D eigenvalue weighted by molar-refractivity contribution is -0.122. The van der Waals surface area contributed by atoms with Crippen LogP contribution in [-0.2, 0) is 4.79 Å². The van der Waals surface area contributed by atoms with Crippen LogP contribution in [0.4, 0.5) is 0 Å². The second-order valence-corrected chi connectivity index (χ2v) is 5.01. The molecule has 18 heavy (non-hydrogen) atoms. The van der Waals surface area contributed by atoms with E-state index in [9.17, 15) is 4.79 Å². The minimum absolute atomic E-state index is 0. The molecule has 1 amide bonds. The summed E-state index contributed by atoms with van der Waals surface area (Å²) in [7, 11) is 1.98. The van der Waals surface area contributed by atoms with Crippen molar-refractivity contribution in [2.24, 2.45) is 5.92 Å². The van der Waals surface area contributed by atoms with Gasteiger partial charge in [0, 0.05) is 12.6 Å². The number of likely N-dealkylation sites (N-methyl/N-ethyl adjacent to an activating group) is 1. The van der Waals surface area contributed by atoms with Crippen molar-refractivity contribution >= 4 is 30.7 Å². The first-order valence-corrected chi connectivity index (χ1v) is 6.27. The Balaban J connectivity index is 0. The zero-order chi connectivity index (χ0) is 12.0. The lowest BCUT2D eigenvalue weighted by Gasteiger charge is -2.20. The monoisotopic (exact) mass is 299 g/mol. The molecule has 1 aliphatic heterocycles. The maximum atomic E-state index is 11.6. The highest BCUT2D eigenvalue weighted by Gasteiger charge is 2.14. The highest BCUT2D eigenvalue weighted by Crippen LogP contribution is 2.10. The van der Waals surface area contributed by atoms with Crippen LogP contribution in [0.5, 0.6) is 0 Å². The van der Waals surface area contributed by atoms with E-state index in [-0.39, 0.29) is 30.7 Å². The third-order valence-corrected chi connectivity index (χ3v) is 3.31. The summed E-state index contributed by atoms with van der Waals surface area (Å²) < 4.78 is 0. The Morgan fingerprint density at radius 3 is 2.61 bits per heavy atom. The van der Waals surface area contributed by atoms with E-state index in [4.69, 9.17) is 0 Å². The van der Waals surface area contributed by atoms with Gasteiger partial charge < -0.3 is 10.6 Å². The molecular weight excluding hydrogens is 273 g/mol. The van der Waals surface area contributed by atoms with Crippen LogP contribution in [0.2, 0.25) is 0 Å². The van der Waals surface area contributed by atoms with Crippen LogP contribution in [0.3, 0.4) is 0 Å². The van der Waals surface area contributed by atoms with Gasteiger partial charge in [-0.3, -0.25) is 9.69 Å². The molecular formula is C12H27Cl2N3O. The van der Waals surface area contributed by atoms with Crippen LogP contribution in [0.25, 0.3) is 0 Å². The lowest BCUT2D eigenvalue weighted by atomic mass is 10.1. The van der Waals surface area contributed by atoms with Gasteiger partial charge in [-0.05, 0) is 52.7 Å². The molecule has 0 aliphatic carbocycles. The van der Waals surface area contributed by atoms with Crippen molar-refractivity contribution < 1.29 is 4.79 Å². The molecule has 0 radical (unpaired) electrons. The summed E-state index contributed by atoms with van der Waals surface area (Å²) in [6, 6.07) is 0.421. The first-order valence-electron chi connectivity index (χ1n) is 6.27. The van der Waals surface area contributed by atoms with Crippen LogP contribution in [-0.4, -0.2) is 50.1 Å². The Kier molecular flexibility index (Phi) is 12.2. The van der Waals surface area contributed by atoms with Crippen LogP contribution in [0.15, 0.2) is 0 Å². The lowest BCUT2D eigenvalue weighted by Crippen LogP contribution is -2.39. The van der Waals surface area contributed by atoms with Gasteiger partial charge >= 0.3 is 0 Å². The Hall–Kier alpha value is -0.0300. The van der Waals surface area contributed by atoms with Gasteiger partial charge in [0.25, 0.3) is 0 Å². The summed E-state index contributed by atoms with van der Waals surface area (Å²) in [5.74, 6) is 0.894. The van der Waals surface area contributed by atoms with Crippen molar-refractivity contribution in [1.29, 1.82) is 0 Å². The fourth-order valence-electron chi connectivity index (χ4n) is 1.84. The SMILES string of the molecule is CC(C)N(C)CC(=O)NCCC1CCNC1.Cl.Cl. The van der Waals surface area contributed by atoms with Crippen LogP contribution < -0.4 is 10.6 Å². The van der Waals surface area contributed by atoms with Crippen molar-refractivity contribution in [3.63, 3.8) is 0 Å². The van der Waals surface area contributed by atoms with Gasteiger partial charge in [-0.2, -0.15) is 0 Å². The first-order chi connectivity index (χ1) is 7.59. The van der Waals surface area contributed by atoms with E-state index in [1.165, 1.54) is 6.42 Å². The second-order valence-electron chi connectivity index (χ2n) is 5.01. The topological polar surface area (TPSA) is 44.4 Å². The van der Waals surface area contributed by atoms with Crippen molar-refractivity contribution in [3.05, 3.63) is 0 Å². The predicted molar refractivity (Wildman–Crippen MR) is 80.9 cm³/mol. The average molecular weight is 300 g/mol. The number of hydrogen-bond acceptors (Lipinski definition) is 3. The first kappa shape index (κ1) is 20.3. The van der Waals surface area contributed by atoms with Gasteiger partial charge in [-0.25, -0.2) is 0 Å². The molecule has 4 nitrogen and oxygen atoms in total. The number of halogens is 2. The third kappa shape index (κ3) is 8.14.